The van der Waals surface area contributed by atoms with Gasteiger partial charge in [0.25, 0.3) is 0 Å². The number of benzene rings is 10. The molecule has 0 atom stereocenters. The maximum Gasteiger partial charge on any atom is 0.164 e. The van der Waals surface area contributed by atoms with Crippen molar-refractivity contribution in [3.05, 3.63) is 206 Å². The first kappa shape index (κ1) is 34.6. The monoisotopic (exact) mass is 775 g/mol. The zero-order valence-electron chi connectivity index (χ0n) is 32.8. The SMILES string of the molecule is N#Cc1ccc2c3ccc(-c4ccc(-c5ccc6ccc7c(-c8nc(-c9ccccc9)nc(-c9ccccc9)n8)ccc8ccc5c6c87)cc4)cc3n(-c3ccccc3)c2c1. The minimum absolute atomic E-state index is 0.646. The van der Waals surface area contributed by atoms with Crippen LogP contribution in [-0.4, -0.2) is 19.5 Å². The summed E-state index contributed by atoms with van der Waals surface area (Å²) in [7, 11) is 0. The summed E-state index contributed by atoms with van der Waals surface area (Å²) in [6, 6.07) is 72.4. The fourth-order valence-corrected chi connectivity index (χ4v) is 9.14. The molecule has 0 saturated heterocycles. The zero-order valence-corrected chi connectivity index (χ0v) is 32.8. The van der Waals surface area contributed by atoms with Crippen LogP contribution in [0.3, 0.4) is 0 Å². The van der Waals surface area contributed by atoms with E-state index in [1.165, 1.54) is 32.5 Å². The van der Waals surface area contributed by atoms with Gasteiger partial charge in [-0.15, -0.1) is 0 Å². The molecule has 2 aromatic heterocycles. The Labute approximate surface area is 351 Å². The molecule has 5 nitrogen and oxygen atoms in total. The lowest BCUT2D eigenvalue weighted by atomic mass is 9.88. The minimum Gasteiger partial charge on any atom is -0.309 e. The van der Waals surface area contributed by atoms with E-state index in [1.54, 1.807) is 0 Å². The number of fused-ring (bicyclic) bond motifs is 3. The quantitative estimate of drug-likeness (QED) is 0.158. The molecule has 0 saturated carbocycles. The highest BCUT2D eigenvalue weighted by Gasteiger charge is 2.19. The van der Waals surface area contributed by atoms with Crippen LogP contribution in [0.25, 0.3) is 116 Å². The van der Waals surface area contributed by atoms with E-state index in [1.807, 2.05) is 78.9 Å². The van der Waals surface area contributed by atoms with Gasteiger partial charge in [0, 0.05) is 33.2 Å². The molecule has 2 heterocycles. The molecule has 0 fully saturated rings. The Morgan fingerprint density at radius 2 is 0.836 bits per heavy atom. The van der Waals surface area contributed by atoms with Crippen LogP contribution in [0.4, 0.5) is 0 Å². The number of rotatable bonds is 6. The Bertz CT molecular complexity index is 3620. The van der Waals surface area contributed by atoms with E-state index in [-0.39, 0.29) is 0 Å². The molecule has 0 spiro atoms. The van der Waals surface area contributed by atoms with Gasteiger partial charge in [-0.1, -0.05) is 164 Å². The Morgan fingerprint density at radius 3 is 1.46 bits per heavy atom. The topological polar surface area (TPSA) is 67.4 Å². The van der Waals surface area contributed by atoms with Crippen molar-refractivity contribution in [2.24, 2.45) is 0 Å². The first-order chi connectivity index (χ1) is 30.2. The first-order valence-electron chi connectivity index (χ1n) is 20.4. The van der Waals surface area contributed by atoms with Crippen LogP contribution >= 0.6 is 0 Å². The highest BCUT2D eigenvalue weighted by molar-refractivity contribution is 6.27. The Morgan fingerprint density at radius 1 is 0.361 bits per heavy atom. The second-order valence-corrected chi connectivity index (χ2v) is 15.5. The van der Waals surface area contributed by atoms with Crippen molar-refractivity contribution in [1.29, 1.82) is 5.26 Å². The van der Waals surface area contributed by atoms with Gasteiger partial charge < -0.3 is 4.57 Å². The van der Waals surface area contributed by atoms with Gasteiger partial charge in [0.15, 0.2) is 17.5 Å². The zero-order chi connectivity index (χ0) is 40.4. The van der Waals surface area contributed by atoms with Crippen molar-refractivity contribution in [1.82, 2.24) is 19.5 Å². The van der Waals surface area contributed by atoms with Crippen molar-refractivity contribution in [3.8, 4) is 68.2 Å². The van der Waals surface area contributed by atoms with Crippen molar-refractivity contribution in [3.63, 3.8) is 0 Å². The highest BCUT2D eigenvalue weighted by Crippen LogP contribution is 2.43. The molecule has 10 aromatic carbocycles. The Balaban J connectivity index is 0.973. The van der Waals surface area contributed by atoms with Crippen LogP contribution in [0.2, 0.25) is 0 Å². The Hall–Kier alpha value is -8.46. The third-order valence-electron chi connectivity index (χ3n) is 12.0. The molecule has 0 amide bonds. The number of hydrogen-bond donors (Lipinski definition) is 0. The summed E-state index contributed by atoms with van der Waals surface area (Å²) < 4.78 is 2.27. The third-order valence-corrected chi connectivity index (χ3v) is 12.0. The smallest absolute Gasteiger partial charge is 0.164 e. The molecular formula is C56H33N5. The lowest BCUT2D eigenvalue weighted by molar-refractivity contribution is 1.08. The van der Waals surface area contributed by atoms with Gasteiger partial charge in [-0.25, -0.2) is 15.0 Å². The van der Waals surface area contributed by atoms with E-state index >= 15 is 0 Å². The molecule has 0 N–H and O–H groups in total. The summed E-state index contributed by atoms with van der Waals surface area (Å²) in [6.45, 7) is 0. The lowest BCUT2D eigenvalue weighted by Crippen LogP contribution is -2.00. The summed E-state index contributed by atoms with van der Waals surface area (Å²) in [6.07, 6.45) is 0. The van der Waals surface area contributed by atoms with Crippen LogP contribution in [0, 0.1) is 11.3 Å². The van der Waals surface area contributed by atoms with E-state index in [4.69, 9.17) is 15.0 Å². The number of aromatic nitrogens is 4. The molecule has 61 heavy (non-hydrogen) atoms. The third kappa shape index (κ3) is 5.66. The van der Waals surface area contributed by atoms with Gasteiger partial charge in [0.2, 0.25) is 0 Å². The Kier molecular flexibility index (Phi) is 7.84. The normalized spacial score (nSPS) is 11.6. The molecule has 0 unspecified atom stereocenters. The van der Waals surface area contributed by atoms with Gasteiger partial charge in [0.1, 0.15) is 0 Å². The molecule has 0 radical (unpaired) electrons. The second-order valence-electron chi connectivity index (χ2n) is 15.5. The summed E-state index contributed by atoms with van der Waals surface area (Å²) >= 11 is 0. The molecule has 12 rings (SSSR count). The van der Waals surface area contributed by atoms with Crippen LogP contribution in [0.5, 0.6) is 0 Å². The molecule has 0 aliphatic carbocycles. The molecule has 0 aliphatic heterocycles. The van der Waals surface area contributed by atoms with Gasteiger partial charge >= 0.3 is 0 Å². The van der Waals surface area contributed by atoms with Crippen LogP contribution in [0.15, 0.2) is 200 Å². The molecule has 282 valence electrons. The summed E-state index contributed by atoms with van der Waals surface area (Å²) in [5.41, 5.74) is 11.3. The van der Waals surface area contributed by atoms with Crippen LogP contribution in [-0.2, 0) is 0 Å². The molecule has 12 aromatic rings. The van der Waals surface area contributed by atoms with Crippen molar-refractivity contribution >= 4 is 54.1 Å². The van der Waals surface area contributed by atoms with Crippen molar-refractivity contribution < 1.29 is 0 Å². The predicted molar refractivity (Wildman–Crippen MR) is 250 cm³/mol. The number of para-hydroxylation sites is 1. The standard InChI is InChI=1S/C56H33N5/c57-34-35-16-26-45-46-28-25-42(33-51(46)61(50(45)32-35)43-14-8-3-9-15-43)36-17-19-37(20-18-36)44-27-21-38-23-30-48-49(31-24-39-22-29-47(44)52(38)53(39)48)56-59-54(40-10-4-1-5-11-40)58-55(60-56)41-12-6-2-7-13-41/h1-33H. The minimum atomic E-state index is 0.646. The predicted octanol–water partition coefficient (Wildman–Crippen LogP) is 14.1. The van der Waals surface area contributed by atoms with Gasteiger partial charge in [0.05, 0.1) is 22.7 Å². The highest BCUT2D eigenvalue weighted by atomic mass is 15.0. The first-order valence-corrected chi connectivity index (χ1v) is 20.4. The maximum atomic E-state index is 9.73. The summed E-state index contributed by atoms with van der Waals surface area (Å²) in [4.78, 5) is 15.1. The fraction of sp³-hybridized carbons (Fsp3) is 0. The van der Waals surface area contributed by atoms with Gasteiger partial charge in [-0.2, -0.15) is 5.26 Å². The van der Waals surface area contributed by atoms with Crippen molar-refractivity contribution in [2.75, 3.05) is 0 Å². The van der Waals surface area contributed by atoms with Crippen LogP contribution < -0.4 is 0 Å². The number of nitrogens with zero attached hydrogens (tertiary/aromatic N) is 5. The molecule has 0 aliphatic rings. The second kappa shape index (κ2) is 13.8. The average Bonchev–Trinajstić information content (AvgIpc) is 3.66. The fourth-order valence-electron chi connectivity index (χ4n) is 9.14. The number of nitriles is 1. The molecule has 5 heteroatoms. The number of hydrogen-bond acceptors (Lipinski definition) is 4. The van der Waals surface area contributed by atoms with Crippen molar-refractivity contribution in [2.45, 2.75) is 0 Å². The van der Waals surface area contributed by atoms with Gasteiger partial charge in [-0.3, -0.25) is 0 Å². The largest absolute Gasteiger partial charge is 0.309 e. The van der Waals surface area contributed by atoms with E-state index in [0.29, 0.717) is 23.0 Å². The van der Waals surface area contributed by atoms with Gasteiger partial charge in [-0.05, 0) is 91.0 Å². The van der Waals surface area contributed by atoms with E-state index < -0.39 is 0 Å². The lowest BCUT2D eigenvalue weighted by Gasteiger charge is -2.17. The average molecular weight is 776 g/mol. The van der Waals surface area contributed by atoms with E-state index in [9.17, 15) is 5.26 Å². The van der Waals surface area contributed by atoms with Crippen LogP contribution in [0.1, 0.15) is 5.56 Å². The summed E-state index contributed by atoms with van der Waals surface area (Å²) in [5.74, 6) is 1.94. The maximum absolute atomic E-state index is 9.73. The van der Waals surface area contributed by atoms with E-state index in [2.05, 4.69) is 132 Å². The molecular weight excluding hydrogens is 743 g/mol. The molecule has 0 bridgehead atoms. The van der Waals surface area contributed by atoms with E-state index in [0.717, 1.165) is 66.3 Å². The summed E-state index contributed by atoms with van der Waals surface area (Å²) in [5, 5.41) is 19.1.